The molecule has 98 valence electrons. The summed E-state index contributed by atoms with van der Waals surface area (Å²) in [5.74, 6) is -0.434. The minimum atomic E-state index is -0.901. The van der Waals surface area contributed by atoms with Crippen molar-refractivity contribution >= 4 is 5.76 Å². The smallest absolute Gasteiger partial charge is 0.328 e. The van der Waals surface area contributed by atoms with Gasteiger partial charge in [-0.05, 0) is 0 Å². The third kappa shape index (κ3) is 1.81. The minimum Gasteiger partial charge on any atom is -0.507 e. The van der Waals surface area contributed by atoms with Gasteiger partial charge in [-0.2, -0.15) is 0 Å². The number of hydrogen-bond acceptors (Lipinski definition) is 6. The molecule has 0 radical (unpaired) electrons. The van der Waals surface area contributed by atoms with Crippen LogP contribution in [0, 0.1) is 0 Å². The standard InChI is InChI=1S/C10H13N3O5/c1-13-2-4(9(16)12-10(13)17)8-7(15)6(11)5(3-14)18-8/h2,5-6,14-15H,3,11H2,1H3,(H,12,16,17)/t5-,6?/m1/s1. The van der Waals surface area contributed by atoms with Crippen LogP contribution in [0.15, 0.2) is 21.5 Å². The predicted molar refractivity (Wildman–Crippen MR) is 61.8 cm³/mol. The highest BCUT2D eigenvalue weighted by atomic mass is 16.5. The van der Waals surface area contributed by atoms with Gasteiger partial charge in [0, 0.05) is 13.2 Å². The molecule has 0 saturated carbocycles. The van der Waals surface area contributed by atoms with Gasteiger partial charge in [0.05, 0.1) is 6.61 Å². The van der Waals surface area contributed by atoms with Gasteiger partial charge in [-0.15, -0.1) is 0 Å². The molecule has 1 unspecified atom stereocenters. The average molecular weight is 255 g/mol. The van der Waals surface area contributed by atoms with Crippen LogP contribution < -0.4 is 17.0 Å². The van der Waals surface area contributed by atoms with Crippen molar-refractivity contribution in [2.45, 2.75) is 12.1 Å². The number of aromatic nitrogens is 2. The first kappa shape index (κ1) is 12.4. The van der Waals surface area contributed by atoms with Crippen molar-refractivity contribution < 1.29 is 14.9 Å². The maximum absolute atomic E-state index is 11.6. The summed E-state index contributed by atoms with van der Waals surface area (Å²) in [7, 11) is 1.44. The van der Waals surface area contributed by atoms with E-state index in [9.17, 15) is 14.7 Å². The Morgan fingerprint density at radius 3 is 2.78 bits per heavy atom. The minimum absolute atomic E-state index is 0.0130. The summed E-state index contributed by atoms with van der Waals surface area (Å²) in [5.41, 5.74) is 4.32. The van der Waals surface area contributed by atoms with E-state index >= 15 is 0 Å². The van der Waals surface area contributed by atoms with E-state index in [-0.39, 0.29) is 17.1 Å². The van der Waals surface area contributed by atoms with Crippen molar-refractivity contribution in [3.63, 3.8) is 0 Å². The summed E-state index contributed by atoms with van der Waals surface area (Å²) in [4.78, 5) is 24.9. The predicted octanol–water partition coefficient (Wildman–Crippen LogP) is -1.98. The van der Waals surface area contributed by atoms with Crippen LogP contribution in [0.4, 0.5) is 0 Å². The Hall–Kier alpha value is -2.06. The molecule has 18 heavy (non-hydrogen) atoms. The van der Waals surface area contributed by atoms with Crippen molar-refractivity contribution in [1.29, 1.82) is 0 Å². The molecule has 8 nitrogen and oxygen atoms in total. The van der Waals surface area contributed by atoms with Gasteiger partial charge in [0.1, 0.15) is 17.7 Å². The summed E-state index contributed by atoms with van der Waals surface area (Å²) in [6, 6.07) is -0.901. The maximum Gasteiger partial charge on any atom is 0.328 e. The number of rotatable bonds is 2. The molecule has 8 heteroatoms. The summed E-state index contributed by atoms with van der Waals surface area (Å²) < 4.78 is 6.35. The molecular formula is C10H13N3O5. The molecule has 0 amide bonds. The zero-order chi connectivity index (χ0) is 13.4. The highest BCUT2D eigenvalue weighted by molar-refractivity contribution is 5.63. The van der Waals surface area contributed by atoms with Crippen LogP contribution >= 0.6 is 0 Å². The largest absolute Gasteiger partial charge is 0.507 e. The van der Waals surface area contributed by atoms with Crippen LogP contribution in [0.2, 0.25) is 0 Å². The summed E-state index contributed by atoms with van der Waals surface area (Å²) >= 11 is 0. The van der Waals surface area contributed by atoms with E-state index in [1.54, 1.807) is 0 Å². The molecule has 1 aliphatic heterocycles. The zero-order valence-corrected chi connectivity index (χ0v) is 9.58. The van der Waals surface area contributed by atoms with Crippen molar-refractivity contribution in [3.8, 4) is 0 Å². The van der Waals surface area contributed by atoms with Crippen LogP contribution in [-0.4, -0.2) is 38.5 Å². The number of hydrogen-bond donors (Lipinski definition) is 4. The number of nitrogens with one attached hydrogen (secondary N) is 1. The Bertz CT molecular complexity index is 615. The number of H-pyrrole nitrogens is 1. The van der Waals surface area contributed by atoms with Crippen molar-refractivity contribution in [2.24, 2.45) is 12.8 Å². The molecule has 5 N–H and O–H groups in total. The van der Waals surface area contributed by atoms with E-state index in [0.29, 0.717) is 0 Å². The molecular weight excluding hydrogens is 242 g/mol. The second-order valence-corrected chi connectivity index (χ2v) is 3.99. The molecule has 0 saturated heterocycles. The average Bonchev–Trinajstić information content (AvgIpc) is 2.61. The molecule has 2 rings (SSSR count). The van der Waals surface area contributed by atoms with Crippen molar-refractivity contribution in [3.05, 3.63) is 38.4 Å². The maximum atomic E-state index is 11.6. The van der Waals surface area contributed by atoms with Crippen LogP contribution in [0.3, 0.4) is 0 Å². The topological polar surface area (TPSA) is 131 Å². The van der Waals surface area contributed by atoms with E-state index in [0.717, 1.165) is 4.57 Å². The van der Waals surface area contributed by atoms with Gasteiger partial charge < -0.3 is 25.3 Å². The lowest BCUT2D eigenvalue weighted by molar-refractivity contribution is 0.0956. The molecule has 0 fully saturated rings. The number of nitrogens with zero attached hydrogens (tertiary/aromatic N) is 1. The first-order chi connectivity index (χ1) is 8.45. The molecule has 0 aromatic carbocycles. The monoisotopic (exact) mass is 255 g/mol. The highest BCUT2D eigenvalue weighted by Crippen LogP contribution is 2.28. The number of ether oxygens (including phenoxy) is 1. The Morgan fingerprint density at radius 2 is 2.22 bits per heavy atom. The lowest BCUT2D eigenvalue weighted by Crippen LogP contribution is -2.35. The van der Waals surface area contributed by atoms with Gasteiger partial charge in [-0.1, -0.05) is 0 Å². The van der Waals surface area contributed by atoms with Crippen LogP contribution in [-0.2, 0) is 11.8 Å². The number of aryl methyl sites for hydroxylation is 1. The van der Waals surface area contributed by atoms with Crippen LogP contribution in [0.25, 0.3) is 5.76 Å². The third-order valence-electron chi connectivity index (χ3n) is 2.75. The van der Waals surface area contributed by atoms with E-state index in [1.165, 1.54) is 13.2 Å². The van der Waals surface area contributed by atoms with Crippen molar-refractivity contribution in [1.82, 2.24) is 9.55 Å². The SMILES string of the molecule is Cn1cc(C2=C(O)C(N)[C@@H](CO)O2)c(=O)[nH]c1=O. The van der Waals surface area contributed by atoms with E-state index in [4.69, 9.17) is 15.6 Å². The number of nitrogens with two attached hydrogens (primary N) is 1. The number of aliphatic hydroxyl groups is 2. The second kappa shape index (κ2) is 4.31. The zero-order valence-electron chi connectivity index (χ0n) is 9.58. The van der Waals surface area contributed by atoms with Gasteiger partial charge in [-0.25, -0.2) is 4.79 Å². The van der Waals surface area contributed by atoms with Gasteiger partial charge in [-0.3, -0.25) is 9.78 Å². The summed E-state index contributed by atoms with van der Waals surface area (Å²) in [5, 5.41) is 18.8. The van der Waals surface area contributed by atoms with Gasteiger partial charge in [0.15, 0.2) is 11.5 Å². The number of aliphatic hydroxyl groups excluding tert-OH is 2. The summed E-state index contributed by atoms with van der Waals surface area (Å²) in [6.45, 7) is -0.390. The molecule has 0 bridgehead atoms. The summed E-state index contributed by atoms with van der Waals surface area (Å²) in [6.07, 6.45) is 0.427. The number of aromatic amines is 1. The molecule has 1 aliphatic rings. The van der Waals surface area contributed by atoms with Crippen LogP contribution in [0.5, 0.6) is 0 Å². The Kier molecular flexibility index (Phi) is 2.97. The van der Waals surface area contributed by atoms with Gasteiger partial charge >= 0.3 is 5.69 Å². The fourth-order valence-electron chi connectivity index (χ4n) is 1.69. The molecule has 0 spiro atoms. The first-order valence-corrected chi connectivity index (χ1v) is 5.22. The molecule has 1 aromatic rings. The van der Waals surface area contributed by atoms with Gasteiger partial charge in [0.2, 0.25) is 0 Å². The lowest BCUT2D eigenvalue weighted by Gasteiger charge is -2.12. The normalized spacial score (nSPS) is 23.3. The quantitative estimate of drug-likeness (QED) is 0.484. The van der Waals surface area contributed by atoms with Gasteiger partial charge in [0.25, 0.3) is 5.56 Å². The van der Waals surface area contributed by atoms with E-state index < -0.39 is 30.0 Å². The molecule has 2 atom stereocenters. The first-order valence-electron chi connectivity index (χ1n) is 5.22. The molecule has 0 aliphatic carbocycles. The van der Waals surface area contributed by atoms with Crippen molar-refractivity contribution in [2.75, 3.05) is 6.61 Å². The third-order valence-corrected chi connectivity index (χ3v) is 2.75. The Morgan fingerprint density at radius 1 is 1.56 bits per heavy atom. The molecule has 1 aromatic heterocycles. The van der Waals surface area contributed by atoms with E-state index in [2.05, 4.69) is 4.98 Å². The van der Waals surface area contributed by atoms with Crippen LogP contribution in [0.1, 0.15) is 5.56 Å². The highest BCUT2D eigenvalue weighted by Gasteiger charge is 2.35. The fourth-order valence-corrected chi connectivity index (χ4v) is 1.69. The second-order valence-electron chi connectivity index (χ2n) is 3.99. The molecule has 2 heterocycles. The Balaban J connectivity index is 2.54. The fraction of sp³-hybridized carbons (Fsp3) is 0.400. The lowest BCUT2D eigenvalue weighted by atomic mass is 10.1. The Labute approximate surface area is 101 Å². The van der Waals surface area contributed by atoms with E-state index in [1.807, 2.05) is 0 Å².